The highest BCUT2D eigenvalue weighted by Gasteiger charge is 2.38. The van der Waals surface area contributed by atoms with Crippen molar-refractivity contribution in [3.8, 4) is 0 Å². The molecule has 1 fully saturated rings. The third kappa shape index (κ3) is 8.99. The van der Waals surface area contributed by atoms with Crippen LogP contribution in [-0.2, 0) is 9.53 Å². The van der Waals surface area contributed by atoms with Crippen LogP contribution in [0.1, 0.15) is 96.8 Å². The first kappa shape index (κ1) is 21.7. The van der Waals surface area contributed by atoms with Crippen molar-refractivity contribution in [3.63, 3.8) is 0 Å². The van der Waals surface area contributed by atoms with Gasteiger partial charge in [0.05, 0.1) is 6.61 Å². The Morgan fingerprint density at radius 2 is 1.36 bits per heavy atom. The largest absolute Gasteiger partial charge is 0.464 e. The summed E-state index contributed by atoms with van der Waals surface area (Å²) in [5.41, 5.74) is 5.39. The molecule has 0 atom stereocenters. The van der Waals surface area contributed by atoms with E-state index in [1.807, 2.05) is 0 Å². The van der Waals surface area contributed by atoms with E-state index in [-0.39, 0.29) is 18.4 Å². The van der Waals surface area contributed by atoms with E-state index in [1.54, 1.807) is 0 Å². The number of unbranched alkanes of at least 4 members (excludes halogenated alkanes) is 9. The molecule has 22 heavy (non-hydrogen) atoms. The highest BCUT2D eigenvalue weighted by molar-refractivity contribution is 5.85. The molecule has 1 aliphatic rings. The van der Waals surface area contributed by atoms with Crippen molar-refractivity contribution in [2.75, 3.05) is 6.61 Å². The van der Waals surface area contributed by atoms with Gasteiger partial charge in [-0.3, -0.25) is 4.79 Å². The fourth-order valence-electron chi connectivity index (χ4n) is 3.11. The molecule has 1 aliphatic carbocycles. The van der Waals surface area contributed by atoms with E-state index >= 15 is 0 Å². The van der Waals surface area contributed by atoms with Crippen LogP contribution >= 0.6 is 12.4 Å². The maximum absolute atomic E-state index is 11.9. The molecule has 0 bridgehead atoms. The molecule has 3 nitrogen and oxygen atoms in total. The molecule has 4 heteroatoms. The maximum Gasteiger partial charge on any atom is 0.326 e. The normalized spacial score (nSPS) is 16.3. The Balaban J connectivity index is 0.00000441. The van der Waals surface area contributed by atoms with Gasteiger partial charge >= 0.3 is 5.97 Å². The lowest BCUT2D eigenvalue weighted by Crippen LogP contribution is -2.46. The van der Waals surface area contributed by atoms with Crippen LogP contribution in [0.4, 0.5) is 0 Å². The van der Waals surface area contributed by atoms with Gasteiger partial charge in [-0.2, -0.15) is 0 Å². The van der Waals surface area contributed by atoms with Crippen LogP contribution in [0, 0.1) is 0 Å². The Morgan fingerprint density at radius 1 is 0.909 bits per heavy atom. The lowest BCUT2D eigenvalue weighted by molar-refractivity contribution is -0.150. The third-order valence-corrected chi connectivity index (χ3v) is 4.63. The average molecular weight is 334 g/mol. The quantitative estimate of drug-likeness (QED) is 0.397. The number of rotatable bonds is 12. The predicted octanol–water partition coefficient (Wildman–Crippen LogP) is 5.14. The van der Waals surface area contributed by atoms with Crippen LogP contribution in [0.15, 0.2) is 0 Å². The molecule has 2 N–H and O–H groups in total. The number of ether oxygens (including phenoxy) is 1. The van der Waals surface area contributed by atoms with Crippen molar-refractivity contribution >= 4 is 18.4 Å². The zero-order valence-electron chi connectivity index (χ0n) is 14.4. The Hall–Kier alpha value is -0.280. The van der Waals surface area contributed by atoms with Crippen LogP contribution < -0.4 is 5.73 Å². The minimum Gasteiger partial charge on any atom is -0.464 e. The second kappa shape index (κ2) is 13.2. The first-order valence-corrected chi connectivity index (χ1v) is 9.15. The molecule has 0 unspecified atom stereocenters. The minimum atomic E-state index is -0.668. The van der Waals surface area contributed by atoms with Crippen molar-refractivity contribution in [1.82, 2.24) is 0 Å². The summed E-state index contributed by atoms with van der Waals surface area (Å²) in [5, 5.41) is 0. The molecular weight excluding hydrogens is 298 g/mol. The monoisotopic (exact) mass is 333 g/mol. The number of nitrogens with two attached hydrogens (primary N) is 1. The smallest absolute Gasteiger partial charge is 0.326 e. The standard InChI is InChI=1S/C18H35NO2.ClH/c1-2-3-4-5-6-7-8-9-10-13-16-21-17(20)18(19)14-11-12-15-18;/h2-16,19H2,1H3;1H. The van der Waals surface area contributed by atoms with Crippen molar-refractivity contribution in [3.05, 3.63) is 0 Å². The molecule has 0 heterocycles. The number of hydrogen-bond acceptors (Lipinski definition) is 3. The number of carbonyl (C=O) groups excluding carboxylic acids is 1. The van der Waals surface area contributed by atoms with Gasteiger partial charge in [0, 0.05) is 0 Å². The second-order valence-corrected chi connectivity index (χ2v) is 6.68. The molecule has 0 aromatic rings. The van der Waals surface area contributed by atoms with E-state index < -0.39 is 5.54 Å². The zero-order chi connectivity index (χ0) is 15.4. The Morgan fingerprint density at radius 3 is 1.86 bits per heavy atom. The molecule has 1 rings (SSSR count). The molecule has 0 amide bonds. The van der Waals surface area contributed by atoms with E-state index in [0.717, 1.165) is 32.1 Å². The summed E-state index contributed by atoms with van der Waals surface area (Å²) in [7, 11) is 0. The van der Waals surface area contributed by atoms with Gasteiger partial charge in [0.25, 0.3) is 0 Å². The Labute approximate surface area is 143 Å². The number of esters is 1. The van der Waals surface area contributed by atoms with Gasteiger partial charge in [0.1, 0.15) is 5.54 Å². The summed E-state index contributed by atoms with van der Waals surface area (Å²) in [6, 6.07) is 0. The van der Waals surface area contributed by atoms with Crippen molar-refractivity contribution in [2.45, 2.75) is 102 Å². The molecule has 0 radical (unpaired) electrons. The molecule has 0 aliphatic heterocycles. The molecule has 0 aromatic heterocycles. The van der Waals surface area contributed by atoms with Crippen molar-refractivity contribution in [1.29, 1.82) is 0 Å². The Bertz CT molecular complexity index is 278. The summed E-state index contributed by atoms with van der Waals surface area (Å²) >= 11 is 0. The van der Waals surface area contributed by atoms with Gasteiger partial charge in [-0.1, -0.05) is 77.6 Å². The third-order valence-electron chi connectivity index (χ3n) is 4.63. The first-order chi connectivity index (χ1) is 10.2. The van der Waals surface area contributed by atoms with E-state index in [0.29, 0.717) is 6.61 Å². The molecule has 0 saturated heterocycles. The van der Waals surface area contributed by atoms with Crippen LogP contribution in [0.2, 0.25) is 0 Å². The van der Waals surface area contributed by atoms with Gasteiger partial charge in [-0.25, -0.2) is 0 Å². The molecule has 132 valence electrons. The lowest BCUT2D eigenvalue weighted by Gasteiger charge is -2.20. The van der Waals surface area contributed by atoms with Crippen LogP contribution in [0.5, 0.6) is 0 Å². The number of halogens is 1. The van der Waals surface area contributed by atoms with Gasteiger partial charge in [-0.15, -0.1) is 12.4 Å². The SMILES string of the molecule is CCCCCCCCCCCCOC(=O)C1(N)CCCC1.Cl. The van der Waals surface area contributed by atoms with Crippen molar-refractivity contribution in [2.24, 2.45) is 5.73 Å². The average Bonchev–Trinajstić information content (AvgIpc) is 2.92. The number of hydrogen-bond donors (Lipinski definition) is 1. The summed E-state index contributed by atoms with van der Waals surface area (Å²) in [6.45, 7) is 2.81. The van der Waals surface area contributed by atoms with Gasteiger partial charge in [-0.05, 0) is 19.3 Å². The van der Waals surface area contributed by atoms with Crippen LogP contribution in [-0.4, -0.2) is 18.1 Å². The fourth-order valence-corrected chi connectivity index (χ4v) is 3.11. The van der Waals surface area contributed by atoms with Crippen LogP contribution in [0.25, 0.3) is 0 Å². The topological polar surface area (TPSA) is 52.3 Å². The maximum atomic E-state index is 11.9. The minimum absolute atomic E-state index is 0. The van der Waals surface area contributed by atoms with E-state index in [2.05, 4.69) is 6.92 Å². The zero-order valence-corrected chi connectivity index (χ0v) is 15.2. The Kier molecular flexibility index (Phi) is 13.0. The second-order valence-electron chi connectivity index (χ2n) is 6.68. The highest BCUT2D eigenvalue weighted by atomic mass is 35.5. The molecular formula is C18H36ClNO2. The van der Waals surface area contributed by atoms with Gasteiger partial charge in [0.2, 0.25) is 0 Å². The van der Waals surface area contributed by atoms with Gasteiger partial charge < -0.3 is 10.5 Å². The summed E-state index contributed by atoms with van der Waals surface area (Å²) in [5.74, 6) is -0.170. The molecule has 0 spiro atoms. The van der Waals surface area contributed by atoms with E-state index in [1.165, 1.54) is 57.8 Å². The predicted molar refractivity (Wildman–Crippen MR) is 95.4 cm³/mol. The summed E-state index contributed by atoms with van der Waals surface area (Å²) in [6.07, 6.45) is 16.7. The summed E-state index contributed by atoms with van der Waals surface area (Å²) in [4.78, 5) is 11.9. The fraction of sp³-hybridized carbons (Fsp3) is 0.944. The summed E-state index contributed by atoms with van der Waals surface area (Å²) < 4.78 is 5.34. The molecule has 1 saturated carbocycles. The van der Waals surface area contributed by atoms with E-state index in [4.69, 9.17) is 10.5 Å². The highest BCUT2D eigenvalue weighted by Crippen LogP contribution is 2.28. The number of carbonyl (C=O) groups is 1. The lowest BCUT2D eigenvalue weighted by atomic mass is 10.00. The van der Waals surface area contributed by atoms with Crippen molar-refractivity contribution < 1.29 is 9.53 Å². The molecule has 0 aromatic carbocycles. The van der Waals surface area contributed by atoms with Gasteiger partial charge in [0.15, 0.2) is 0 Å². The first-order valence-electron chi connectivity index (χ1n) is 9.15. The van der Waals surface area contributed by atoms with Crippen LogP contribution in [0.3, 0.4) is 0 Å². The van der Waals surface area contributed by atoms with E-state index in [9.17, 15) is 4.79 Å².